The van der Waals surface area contributed by atoms with Crippen LogP contribution in [-0.2, 0) is 6.54 Å². The van der Waals surface area contributed by atoms with Gasteiger partial charge in [-0.1, -0.05) is 27.7 Å². The van der Waals surface area contributed by atoms with E-state index in [9.17, 15) is 0 Å². The van der Waals surface area contributed by atoms with Crippen molar-refractivity contribution in [2.24, 2.45) is 5.92 Å². The molecule has 0 radical (unpaired) electrons. The minimum atomic E-state index is 0.264. The van der Waals surface area contributed by atoms with E-state index in [0.29, 0.717) is 11.8 Å². The van der Waals surface area contributed by atoms with Crippen molar-refractivity contribution in [3.63, 3.8) is 0 Å². The number of imidazole rings is 1. The van der Waals surface area contributed by atoms with Gasteiger partial charge in [0, 0.05) is 18.7 Å². The fraction of sp³-hybridized carbons (Fsp3) is 0.650. The number of nitrogens with one attached hydrogen (secondary N) is 1. The molecule has 0 saturated heterocycles. The van der Waals surface area contributed by atoms with E-state index in [1.165, 1.54) is 22.2 Å². The molecule has 4 heteroatoms. The van der Waals surface area contributed by atoms with Crippen molar-refractivity contribution in [2.75, 3.05) is 11.9 Å². The summed E-state index contributed by atoms with van der Waals surface area (Å²) in [5.74, 6) is 3.13. The Morgan fingerprint density at radius 3 is 2.54 bits per heavy atom. The summed E-state index contributed by atoms with van der Waals surface area (Å²) in [6.45, 7) is 17.2. The van der Waals surface area contributed by atoms with Gasteiger partial charge >= 0.3 is 0 Å². The maximum absolute atomic E-state index is 6.33. The first-order chi connectivity index (χ1) is 11.5. The number of anilines is 1. The van der Waals surface area contributed by atoms with Crippen LogP contribution >= 0.6 is 0 Å². The summed E-state index contributed by atoms with van der Waals surface area (Å²) in [7, 11) is 0. The van der Waals surface area contributed by atoms with Crippen LogP contribution in [0.25, 0.3) is 11.0 Å². The van der Waals surface area contributed by atoms with Crippen LogP contribution in [0.15, 0.2) is 0 Å². The van der Waals surface area contributed by atoms with Gasteiger partial charge in [0.2, 0.25) is 5.95 Å². The van der Waals surface area contributed by atoms with E-state index < -0.39 is 0 Å². The normalized spacial score (nSPS) is 25.0. The molecular weight excluding hydrogens is 298 g/mol. The Hall–Kier alpha value is -1.71. The van der Waals surface area contributed by atoms with Gasteiger partial charge in [0.15, 0.2) is 0 Å². The molecule has 0 fully saturated rings. The lowest BCUT2D eigenvalue weighted by molar-refractivity contribution is 0.122. The second-order valence-corrected chi connectivity index (χ2v) is 7.03. The molecule has 24 heavy (non-hydrogen) atoms. The van der Waals surface area contributed by atoms with Gasteiger partial charge in [-0.3, -0.25) is 0 Å². The molecule has 0 spiro atoms. The van der Waals surface area contributed by atoms with Crippen LogP contribution in [0, 0.1) is 19.8 Å². The van der Waals surface area contributed by atoms with Crippen molar-refractivity contribution in [3.8, 4) is 5.75 Å². The lowest BCUT2D eigenvalue weighted by Gasteiger charge is -2.36. The minimum Gasteiger partial charge on any atom is -0.490 e. The maximum atomic E-state index is 6.33. The van der Waals surface area contributed by atoms with Crippen LogP contribution in [0.4, 0.5) is 5.95 Å². The summed E-state index contributed by atoms with van der Waals surface area (Å²) in [4.78, 5) is 4.90. The predicted octanol–water partition coefficient (Wildman–Crippen LogP) is 5.02. The summed E-state index contributed by atoms with van der Waals surface area (Å²) in [5, 5.41) is 3.45. The van der Waals surface area contributed by atoms with Gasteiger partial charge in [-0.2, -0.15) is 0 Å². The summed E-state index contributed by atoms with van der Waals surface area (Å²) in [6.07, 6.45) is 1.42. The fourth-order valence-electron chi connectivity index (χ4n) is 3.97. The average Bonchev–Trinajstić information content (AvgIpc) is 2.99. The molecule has 3 unspecified atom stereocenters. The van der Waals surface area contributed by atoms with E-state index in [2.05, 4.69) is 44.5 Å². The Morgan fingerprint density at radius 1 is 1.12 bits per heavy atom. The van der Waals surface area contributed by atoms with E-state index in [1.54, 1.807) is 0 Å². The van der Waals surface area contributed by atoms with Gasteiger partial charge in [-0.25, -0.2) is 4.98 Å². The highest BCUT2D eigenvalue weighted by Crippen LogP contribution is 2.47. The number of benzene rings is 1. The van der Waals surface area contributed by atoms with Gasteiger partial charge in [0.05, 0.1) is 17.1 Å². The molecule has 0 saturated carbocycles. The molecule has 3 heterocycles. The smallest absolute Gasteiger partial charge is 0.203 e. The minimum absolute atomic E-state index is 0.264. The number of aromatic nitrogens is 2. The average molecular weight is 329 g/mol. The van der Waals surface area contributed by atoms with E-state index in [1.807, 2.05) is 13.8 Å². The van der Waals surface area contributed by atoms with Crippen LogP contribution < -0.4 is 10.1 Å². The van der Waals surface area contributed by atoms with Crippen LogP contribution in [0.2, 0.25) is 0 Å². The summed E-state index contributed by atoms with van der Waals surface area (Å²) in [6, 6.07) is 0. The lowest BCUT2D eigenvalue weighted by atomic mass is 9.80. The van der Waals surface area contributed by atoms with Gasteiger partial charge in [-0.05, 0) is 50.2 Å². The molecular formula is C20H31N3O. The largest absolute Gasteiger partial charge is 0.490 e. The van der Waals surface area contributed by atoms with Gasteiger partial charge in [0.25, 0.3) is 0 Å². The SMILES string of the molecule is CC.Cc1c2c(c3c(nc4n3CCCN4)c1C)C(C)C(C)C(C)O2. The highest BCUT2D eigenvalue weighted by molar-refractivity contribution is 5.90. The van der Waals surface area contributed by atoms with Crippen LogP contribution in [0.1, 0.15) is 63.6 Å². The molecule has 4 nitrogen and oxygen atoms in total. The first-order valence-corrected chi connectivity index (χ1v) is 9.44. The predicted molar refractivity (Wildman–Crippen MR) is 101 cm³/mol. The van der Waals surface area contributed by atoms with Crippen molar-refractivity contribution in [1.29, 1.82) is 0 Å². The molecule has 2 aromatic rings. The standard InChI is InChI=1S/C18H25N3O.C2H6/c1-9-10(2)14-16-15(20-18-19-7-6-8-21(16)18)11(3)12(4)17(14)22-13(9)5;1-2/h9-10,13H,6-8H2,1-5H3,(H,19,20);1-2H3. The maximum Gasteiger partial charge on any atom is 0.203 e. The molecule has 1 N–H and O–H groups in total. The highest BCUT2D eigenvalue weighted by Gasteiger charge is 2.35. The van der Waals surface area contributed by atoms with Gasteiger partial charge < -0.3 is 14.6 Å². The van der Waals surface area contributed by atoms with E-state index in [4.69, 9.17) is 9.72 Å². The molecule has 0 aliphatic carbocycles. The van der Waals surface area contributed by atoms with Crippen molar-refractivity contribution in [3.05, 3.63) is 16.7 Å². The van der Waals surface area contributed by atoms with Crippen molar-refractivity contribution < 1.29 is 4.74 Å². The summed E-state index contributed by atoms with van der Waals surface area (Å²) < 4.78 is 8.70. The fourth-order valence-corrected chi connectivity index (χ4v) is 3.97. The van der Waals surface area contributed by atoms with Crippen LogP contribution in [0.3, 0.4) is 0 Å². The number of ether oxygens (including phenoxy) is 1. The number of hydrogen-bond acceptors (Lipinski definition) is 3. The number of fused-ring (bicyclic) bond motifs is 5. The molecule has 2 aliphatic heterocycles. The summed E-state index contributed by atoms with van der Waals surface area (Å²) >= 11 is 0. The van der Waals surface area contributed by atoms with E-state index >= 15 is 0 Å². The zero-order valence-corrected chi connectivity index (χ0v) is 16.2. The number of nitrogens with zero attached hydrogens (tertiary/aromatic N) is 2. The monoisotopic (exact) mass is 329 g/mol. The van der Waals surface area contributed by atoms with Crippen molar-refractivity contribution in [2.45, 2.75) is 73.5 Å². The van der Waals surface area contributed by atoms with E-state index in [-0.39, 0.29) is 6.10 Å². The Labute approximate surface area is 145 Å². The third-order valence-corrected chi connectivity index (χ3v) is 5.86. The molecule has 1 aromatic carbocycles. The Morgan fingerprint density at radius 2 is 1.83 bits per heavy atom. The zero-order chi connectivity index (χ0) is 17.6. The Balaban J connectivity index is 0.000000815. The van der Waals surface area contributed by atoms with Crippen molar-refractivity contribution in [1.82, 2.24) is 9.55 Å². The Bertz CT molecular complexity index is 762. The Kier molecular flexibility index (Phi) is 4.50. The second kappa shape index (κ2) is 6.30. The lowest BCUT2D eigenvalue weighted by Crippen LogP contribution is -2.32. The number of aryl methyl sites for hydroxylation is 2. The number of rotatable bonds is 0. The molecule has 0 amide bonds. The molecule has 1 aromatic heterocycles. The van der Waals surface area contributed by atoms with Crippen molar-refractivity contribution >= 4 is 17.0 Å². The summed E-state index contributed by atoms with van der Waals surface area (Å²) in [5.41, 5.74) is 6.32. The van der Waals surface area contributed by atoms with Gasteiger partial charge in [0.1, 0.15) is 5.75 Å². The van der Waals surface area contributed by atoms with Crippen LogP contribution in [-0.4, -0.2) is 22.2 Å². The highest BCUT2D eigenvalue weighted by atomic mass is 16.5. The molecule has 0 bridgehead atoms. The third-order valence-electron chi connectivity index (χ3n) is 5.86. The third kappa shape index (κ3) is 2.30. The molecule has 132 valence electrons. The molecule has 2 aliphatic rings. The quantitative estimate of drug-likeness (QED) is 0.738. The van der Waals surface area contributed by atoms with Gasteiger partial charge in [-0.15, -0.1) is 0 Å². The molecule has 4 rings (SSSR count). The second-order valence-electron chi connectivity index (χ2n) is 7.03. The van der Waals surface area contributed by atoms with E-state index in [0.717, 1.165) is 36.7 Å². The zero-order valence-electron chi connectivity index (χ0n) is 16.2. The first kappa shape index (κ1) is 17.1. The topological polar surface area (TPSA) is 39.1 Å². The first-order valence-electron chi connectivity index (χ1n) is 9.44. The van der Waals surface area contributed by atoms with Crippen LogP contribution in [0.5, 0.6) is 5.75 Å². The molecule has 3 atom stereocenters. The number of hydrogen-bond donors (Lipinski definition) is 1.